The highest BCUT2D eigenvalue weighted by Gasteiger charge is 2.30. The van der Waals surface area contributed by atoms with Crippen LogP contribution in [0.3, 0.4) is 0 Å². The Kier molecular flexibility index (Phi) is 4.46. The highest BCUT2D eigenvalue weighted by molar-refractivity contribution is 5.92. The van der Waals surface area contributed by atoms with E-state index in [1.807, 2.05) is 30.3 Å². The van der Waals surface area contributed by atoms with Gasteiger partial charge >= 0.3 is 6.03 Å². The summed E-state index contributed by atoms with van der Waals surface area (Å²) in [5.74, 6) is 0.381. The highest BCUT2D eigenvalue weighted by atomic mass is 16.2. The summed E-state index contributed by atoms with van der Waals surface area (Å²) in [6.45, 7) is 1.02. The van der Waals surface area contributed by atoms with Gasteiger partial charge < -0.3 is 10.2 Å². The fourth-order valence-electron chi connectivity index (χ4n) is 3.07. The molecule has 0 bridgehead atoms. The summed E-state index contributed by atoms with van der Waals surface area (Å²) in [6, 6.07) is 7.35. The van der Waals surface area contributed by atoms with Gasteiger partial charge in [0, 0.05) is 19.0 Å². The van der Waals surface area contributed by atoms with Crippen LogP contribution in [0.5, 0.6) is 0 Å². The van der Waals surface area contributed by atoms with E-state index in [0.717, 1.165) is 24.1 Å². The van der Waals surface area contributed by atoms with E-state index in [0.29, 0.717) is 31.1 Å². The molecule has 0 spiro atoms. The fourth-order valence-corrected chi connectivity index (χ4v) is 3.07. The SMILES string of the molecule is N#CCNC(=O)N1CC=C(c2cccc3nc(NC(=O)C4CC4)nn23)CC1. The largest absolute Gasteiger partial charge is 0.325 e. The van der Waals surface area contributed by atoms with E-state index in [2.05, 4.69) is 20.7 Å². The standard InChI is InChI=1S/C18H19N7O2/c19-8-9-20-18(27)24-10-6-12(7-11-24)14-2-1-3-15-21-17(23-25(14)15)22-16(26)13-4-5-13/h1-3,6,13H,4-5,7,9-11H2,(H,20,27)(H,22,23,26). The molecular weight excluding hydrogens is 346 g/mol. The van der Waals surface area contributed by atoms with Crippen LogP contribution in [-0.2, 0) is 4.79 Å². The van der Waals surface area contributed by atoms with Gasteiger partial charge in [-0.05, 0) is 37.0 Å². The number of carbonyl (C=O) groups excluding carboxylic acids is 2. The Bertz CT molecular complexity index is 968. The Morgan fingerprint density at radius 3 is 2.89 bits per heavy atom. The third-order valence-electron chi connectivity index (χ3n) is 4.69. The summed E-state index contributed by atoms with van der Waals surface area (Å²) < 4.78 is 1.72. The molecule has 2 aromatic heterocycles. The van der Waals surface area contributed by atoms with Gasteiger partial charge in [-0.25, -0.2) is 9.31 Å². The monoisotopic (exact) mass is 365 g/mol. The van der Waals surface area contributed by atoms with E-state index in [1.54, 1.807) is 9.42 Å². The molecule has 1 fully saturated rings. The summed E-state index contributed by atoms with van der Waals surface area (Å²) in [6.07, 6.45) is 4.50. The zero-order valence-corrected chi connectivity index (χ0v) is 14.7. The molecule has 2 N–H and O–H groups in total. The number of hydrogen-bond donors (Lipinski definition) is 2. The molecular formula is C18H19N7O2. The number of nitriles is 1. The van der Waals surface area contributed by atoms with Gasteiger partial charge in [-0.15, -0.1) is 5.10 Å². The van der Waals surface area contributed by atoms with Crippen molar-refractivity contribution in [3.63, 3.8) is 0 Å². The van der Waals surface area contributed by atoms with Gasteiger partial charge in [0.05, 0.1) is 11.8 Å². The van der Waals surface area contributed by atoms with Crippen molar-refractivity contribution in [2.24, 2.45) is 5.92 Å². The normalized spacial score (nSPS) is 16.6. The second-order valence-electron chi connectivity index (χ2n) is 6.62. The minimum atomic E-state index is -0.240. The molecule has 1 aliphatic heterocycles. The maximum absolute atomic E-state index is 11.9. The number of aromatic nitrogens is 3. The highest BCUT2D eigenvalue weighted by Crippen LogP contribution is 2.30. The number of fused-ring (bicyclic) bond motifs is 1. The lowest BCUT2D eigenvalue weighted by molar-refractivity contribution is -0.117. The van der Waals surface area contributed by atoms with E-state index in [9.17, 15) is 9.59 Å². The molecule has 9 nitrogen and oxygen atoms in total. The third kappa shape index (κ3) is 3.60. The maximum atomic E-state index is 11.9. The Morgan fingerprint density at radius 2 is 2.19 bits per heavy atom. The minimum absolute atomic E-state index is 0.000473. The third-order valence-corrected chi connectivity index (χ3v) is 4.69. The van der Waals surface area contributed by atoms with Crippen LogP contribution in [0.25, 0.3) is 11.2 Å². The number of amides is 3. The smallest absolute Gasteiger partial charge is 0.318 e. The molecule has 1 aliphatic carbocycles. The maximum Gasteiger partial charge on any atom is 0.318 e. The van der Waals surface area contributed by atoms with Crippen LogP contribution < -0.4 is 10.6 Å². The molecule has 2 aliphatic rings. The van der Waals surface area contributed by atoms with Crippen molar-refractivity contribution >= 4 is 29.1 Å². The number of rotatable bonds is 4. The number of carbonyl (C=O) groups is 2. The molecule has 138 valence electrons. The number of anilines is 1. The average molecular weight is 365 g/mol. The second kappa shape index (κ2) is 7.07. The summed E-state index contributed by atoms with van der Waals surface area (Å²) in [7, 11) is 0. The molecule has 1 saturated carbocycles. The average Bonchev–Trinajstić information content (AvgIpc) is 3.46. The van der Waals surface area contributed by atoms with Crippen LogP contribution in [0.2, 0.25) is 0 Å². The summed E-state index contributed by atoms with van der Waals surface area (Å²) in [5, 5.41) is 18.3. The zero-order chi connectivity index (χ0) is 18.8. The van der Waals surface area contributed by atoms with Crippen LogP contribution in [0.15, 0.2) is 24.3 Å². The quantitative estimate of drug-likeness (QED) is 0.795. The number of nitrogens with zero attached hydrogens (tertiary/aromatic N) is 5. The van der Waals surface area contributed by atoms with Gasteiger partial charge in [0.2, 0.25) is 11.9 Å². The topological polar surface area (TPSA) is 115 Å². The molecule has 0 aromatic carbocycles. The first-order valence-electron chi connectivity index (χ1n) is 8.91. The number of nitrogens with one attached hydrogen (secondary N) is 2. The van der Waals surface area contributed by atoms with Crippen LogP contribution in [-0.4, -0.2) is 51.1 Å². The number of urea groups is 1. The molecule has 0 saturated heterocycles. The van der Waals surface area contributed by atoms with E-state index < -0.39 is 0 Å². The predicted molar refractivity (Wildman–Crippen MR) is 97.5 cm³/mol. The van der Waals surface area contributed by atoms with Gasteiger partial charge in [0.15, 0.2) is 5.65 Å². The van der Waals surface area contributed by atoms with Gasteiger partial charge in [0.25, 0.3) is 0 Å². The molecule has 0 atom stereocenters. The van der Waals surface area contributed by atoms with Crippen LogP contribution in [0.4, 0.5) is 10.7 Å². The van der Waals surface area contributed by atoms with E-state index in [4.69, 9.17) is 5.26 Å². The Hall–Kier alpha value is -3.41. The summed E-state index contributed by atoms with van der Waals surface area (Å²) in [5.41, 5.74) is 2.62. The lowest BCUT2D eigenvalue weighted by atomic mass is 10.0. The second-order valence-corrected chi connectivity index (χ2v) is 6.62. The molecule has 0 radical (unpaired) electrons. The lowest BCUT2D eigenvalue weighted by Gasteiger charge is -2.26. The van der Waals surface area contributed by atoms with Gasteiger partial charge in [0.1, 0.15) is 6.54 Å². The van der Waals surface area contributed by atoms with Gasteiger partial charge in [-0.3, -0.25) is 10.1 Å². The number of pyridine rings is 1. The number of hydrogen-bond acceptors (Lipinski definition) is 5. The van der Waals surface area contributed by atoms with Crippen LogP contribution in [0.1, 0.15) is 25.0 Å². The van der Waals surface area contributed by atoms with Crippen molar-refractivity contribution in [3.8, 4) is 6.07 Å². The Balaban J connectivity index is 1.52. The van der Waals surface area contributed by atoms with E-state index in [1.165, 1.54) is 0 Å². The Morgan fingerprint density at radius 1 is 1.33 bits per heavy atom. The predicted octanol–water partition coefficient (Wildman–Crippen LogP) is 1.40. The van der Waals surface area contributed by atoms with Crippen molar-refractivity contribution in [2.45, 2.75) is 19.3 Å². The van der Waals surface area contributed by atoms with Gasteiger partial charge in [-0.2, -0.15) is 10.2 Å². The molecule has 9 heteroatoms. The molecule has 0 unspecified atom stereocenters. The van der Waals surface area contributed by atoms with Crippen molar-refractivity contribution in [3.05, 3.63) is 30.0 Å². The van der Waals surface area contributed by atoms with Crippen molar-refractivity contribution in [1.29, 1.82) is 5.26 Å². The zero-order valence-electron chi connectivity index (χ0n) is 14.7. The van der Waals surface area contributed by atoms with E-state index >= 15 is 0 Å². The first-order valence-corrected chi connectivity index (χ1v) is 8.91. The Labute approximate surface area is 155 Å². The molecule has 4 rings (SSSR count). The van der Waals surface area contributed by atoms with E-state index in [-0.39, 0.29) is 24.4 Å². The molecule has 3 amide bonds. The summed E-state index contributed by atoms with van der Waals surface area (Å²) >= 11 is 0. The van der Waals surface area contributed by atoms with Crippen molar-refractivity contribution in [2.75, 3.05) is 25.0 Å². The van der Waals surface area contributed by atoms with Crippen molar-refractivity contribution < 1.29 is 9.59 Å². The first kappa shape index (κ1) is 17.0. The van der Waals surface area contributed by atoms with Gasteiger partial charge in [-0.1, -0.05) is 12.1 Å². The summed E-state index contributed by atoms with van der Waals surface area (Å²) in [4.78, 5) is 29.9. The van der Waals surface area contributed by atoms with Crippen LogP contribution in [0, 0.1) is 17.2 Å². The lowest BCUT2D eigenvalue weighted by Crippen LogP contribution is -2.42. The molecule has 27 heavy (non-hydrogen) atoms. The fraction of sp³-hybridized carbons (Fsp3) is 0.389. The molecule has 3 heterocycles. The van der Waals surface area contributed by atoms with Crippen molar-refractivity contribution in [1.82, 2.24) is 24.8 Å². The molecule has 2 aromatic rings. The first-order chi connectivity index (χ1) is 13.2. The van der Waals surface area contributed by atoms with Crippen LogP contribution >= 0.6 is 0 Å². The minimum Gasteiger partial charge on any atom is -0.325 e.